The van der Waals surface area contributed by atoms with Gasteiger partial charge in [-0.2, -0.15) is 0 Å². The van der Waals surface area contributed by atoms with Gasteiger partial charge in [-0.25, -0.2) is 0 Å². The van der Waals surface area contributed by atoms with E-state index in [9.17, 15) is 0 Å². The first kappa shape index (κ1) is 27.4. The lowest BCUT2D eigenvalue weighted by Gasteiger charge is -2.06. The standard InChI is InChI=1S/C32H42O2/c1-33-31-27-21-19-25-29(31)23-17-15-13-11-9-7-5-3-4-6-8-10-12-14-16-18-24-30-26-20-22-28-32(30)34-2/h19-22,25-28H,3-10,15-18,23-24H2,1-2H3. The molecule has 0 saturated heterocycles. The molecular weight excluding hydrogens is 416 g/mol. The van der Waals surface area contributed by atoms with Gasteiger partial charge < -0.3 is 9.47 Å². The molecule has 0 N–H and O–H groups in total. The van der Waals surface area contributed by atoms with Crippen molar-refractivity contribution >= 4 is 0 Å². The van der Waals surface area contributed by atoms with Gasteiger partial charge in [-0.3, -0.25) is 0 Å². The molecule has 0 saturated carbocycles. The molecule has 0 heterocycles. The lowest BCUT2D eigenvalue weighted by atomic mass is 10.1. The van der Waals surface area contributed by atoms with E-state index >= 15 is 0 Å². The minimum Gasteiger partial charge on any atom is -0.496 e. The van der Waals surface area contributed by atoms with Gasteiger partial charge in [0.2, 0.25) is 0 Å². The van der Waals surface area contributed by atoms with E-state index in [0.29, 0.717) is 0 Å². The maximum atomic E-state index is 5.40. The van der Waals surface area contributed by atoms with Gasteiger partial charge in [-0.1, -0.05) is 62.1 Å². The summed E-state index contributed by atoms with van der Waals surface area (Å²) in [7, 11) is 3.47. The minimum absolute atomic E-state index is 0.972. The molecule has 2 aromatic carbocycles. The van der Waals surface area contributed by atoms with Crippen LogP contribution in [-0.2, 0) is 12.8 Å². The zero-order valence-electron chi connectivity index (χ0n) is 21.3. The number of hydrogen-bond donors (Lipinski definition) is 0. The summed E-state index contributed by atoms with van der Waals surface area (Å²) in [4.78, 5) is 0. The SMILES string of the molecule is COc1ccccc1CCCC#CCCCCCCCCC#CCCCc1ccccc1OC. The van der Waals surface area contributed by atoms with Gasteiger partial charge in [0.05, 0.1) is 14.2 Å². The Morgan fingerprint density at radius 2 is 0.824 bits per heavy atom. The predicted molar refractivity (Wildman–Crippen MR) is 144 cm³/mol. The maximum Gasteiger partial charge on any atom is 0.122 e. The Labute approximate surface area is 208 Å². The number of benzene rings is 2. The lowest BCUT2D eigenvalue weighted by molar-refractivity contribution is 0.409. The van der Waals surface area contributed by atoms with Gasteiger partial charge >= 0.3 is 0 Å². The first-order valence-electron chi connectivity index (χ1n) is 13.0. The molecule has 0 spiro atoms. The molecule has 2 aromatic rings. The van der Waals surface area contributed by atoms with Crippen LogP contribution in [0.5, 0.6) is 11.5 Å². The summed E-state index contributed by atoms with van der Waals surface area (Å²) in [5.41, 5.74) is 2.56. The Bertz CT molecular complexity index is 846. The van der Waals surface area contributed by atoms with Gasteiger partial charge in [-0.15, -0.1) is 23.7 Å². The summed E-state index contributed by atoms with van der Waals surface area (Å²) in [5, 5.41) is 0. The highest BCUT2D eigenvalue weighted by atomic mass is 16.5. The summed E-state index contributed by atoms with van der Waals surface area (Å²) < 4.78 is 10.8. The third kappa shape index (κ3) is 11.9. The second-order valence-electron chi connectivity index (χ2n) is 8.66. The van der Waals surface area contributed by atoms with Crippen LogP contribution in [0.1, 0.15) is 88.2 Å². The van der Waals surface area contributed by atoms with E-state index in [4.69, 9.17) is 9.47 Å². The first-order valence-corrected chi connectivity index (χ1v) is 13.0. The van der Waals surface area contributed by atoms with E-state index in [1.807, 2.05) is 24.3 Å². The number of aryl methyl sites for hydroxylation is 2. The van der Waals surface area contributed by atoms with Crippen molar-refractivity contribution in [2.75, 3.05) is 14.2 Å². The van der Waals surface area contributed by atoms with Gasteiger partial charge in [0.1, 0.15) is 11.5 Å². The fourth-order valence-corrected chi connectivity index (χ4v) is 4.04. The van der Waals surface area contributed by atoms with E-state index in [-0.39, 0.29) is 0 Å². The van der Waals surface area contributed by atoms with Crippen LogP contribution in [0.4, 0.5) is 0 Å². The summed E-state index contributed by atoms with van der Waals surface area (Å²) in [6.07, 6.45) is 16.0. The van der Waals surface area contributed by atoms with Gasteiger partial charge in [-0.05, 0) is 61.8 Å². The molecule has 34 heavy (non-hydrogen) atoms. The van der Waals surface area contributed by atoms with Crippen LogP contribution < -0.4 is 9.47 Å². The Balaban J connectivity index is 1.38. The lowest BCUT2D eigenvalue weighted by Crippen LogP contribution is -1.91. The van der Waals surface area contributed by atoms with Crippen LogP contribution in [0.2, 0.25) is 0 Å². The molecule has 2 rings (SSSR count). The van der Waals surface area contributed by atoms with E-state index in [0.717, 1.165) is 62.9 Å². The highest BCUT2D eigenvalue weighted by Gasteiger charge is 2.01. The highest BCUT2D eigenvalue weighted by Crippen LogP contribution is 2.20. The molecule has 0 bridgehead atoms. The zero-order chi connectivity index (χ0) is 24.1. The zero-order valence-corrected chi connectivity index (χ0v) is 21.3. The van der Waals surface area contributed by atoms with Crippen LogP contribution in [0.15, 0.2) is 48.5 Å². The molecule has 0 atom stereocenters. The summed E-state index contributed by atoms with van der Waals surface area (Å²) >= 11 is 0. The van der Waals surface area contributed by atoms with E-state index in [2.05, 4.69) is 47.9 Å². The highest BCUT2D eigenvalue weighted by molar-refractivity contribution is 5.34. The Morgan fingerprint density at radius 3 is 1.24 bits per heavy atom. The Kier molecular flexibility index (Phi) is 15.0. The molecule has 0 aliphatic rings. The smallest absolute Gasteiger partial charge is 0.122 e. The van der Waals surface area contributed by atoms with Crippen molar-refractivity contribution in [2.45, 2.75) is 89.9 Å². The normalized spacial score (nSPS) is 10.1. The molecule has 2 heteroatoms. The van der Waals surface area contributed by atoms with Crippen LogP contribution in [0, 0.1) is 23.7 Å². The molecule has 0 unspecified atom stereocenters. The Morgan fingerprint density at radius 1 is 0.471 bits per heavy atom. The van der Waals surface area contributed by atoms with E-state index in [1.165, 1.54) is 49.7 Å². The average molecular weight is 459 g/mol. The van der Waals surface area contributed by atoms with Crippen molar-refractivity contribution < 1.29 is 9.47 Å². The molecule has 0 radical (unpaired) electrons. The quantitative estimate of drug-likeness (QED) is 0.198. The third-order valence-corrected chi connectivity index (χ3v) is 5.98. The van der Waals surface area contributed by atoms with Crippen molar-refractivity contribution in [3.8, 4) is 35.2 Å². The monoisotopic (exact) mass is 458 g/mol. The number of rotatable bonds is 15. The topological polar surface area (TPSA) is 18.5 Å². The Hall–Kier alpha value is -2.84. The average Bonchev–Trinajstić information content (AvgIpc) is 2.88. The number of ether oxygens (including phenoxy) is 2. The number of para-hydroxylation sites is 2. The molecule has 0 aliphatic heterocycles. The van der Waals surface area contributed by atoms with Crippen LogP contribution in [0.25, 0.3) is 0 Å². The van der Waals surface area contributed by atoms with E-state index < -0.39 is 0 Å². The molecule has 0 amide bonds. The molecular formula is C32H42O2. The summed E-state index contributed by atoms with van der Waals surface area (Å²) in [6, 6.07) is 16.5. The fourth-order valence-electron chi connectivity index (χ4n) is 4.04. The largest absolute Gasteiger partial charge is 0.496 e. The maximum absolute atomic E-state index is 5.40. The molecule has 182 valence electrons. The predicted octanol–water partition coefficient (Wildman–Crippen LogP) is 8.18. The minimum atomic E-state index is 0.972. The van der Waals surface area contributed by atoms with Crippen molar-refractivity contribution in [1.82, 2.24) is 0 Å². The van der Waals surface area contributed by atoms with Crippen molar-refractivity contribution in [3.05, 3.63) is 59.7 Å². The van der Waals surface area contributed by atoms with Gasteiger partial charge in [0.25, 0.3) is 0 Å². The number of methoxy groups -OCH3 is 2. The molecule has 0 aliphatic carbocycles. The van der Waals surface area contributed by atoms with Crippen molar-refractivity contribution in [2.24, 2.45) is 0 Å². The van der Waals surface area contributed by atoms with Crippen LogP contribution in [-0.4, -0.2) is 14.2 Å². The molecule has 0 aromatic heterocycles. The van der Waals surface area contributed by atoms with Crippen molar-refractivity contribution in [1.29, 1.82) is 0 Å². The van der Waals surface area contributed by atoms with Gasteiger partial charge in [0.15, 0.2) is 0 Å². The number of unbranched alkanes of at least 4 members (excludes halogenated alkanes) is 9. The fraction of sp³-hybridized carbons (Fsp3) is 0.500. The van der Waals surface area contributed by atoms with Gasteiger partial charge in [0, 0.05) is 25.7 Å². The molecule has 0 fully saturated rings. The van der Waals surface area contributed by atoms with Crippen LogP contribution >= 0.6 is 0 Å². The summed E-state index contributed by atoms with van der Waals surface area (Å²) in [5.74, 6) is 15.3. The van der Waals surface area contributed by atoms with Crippen molar-refractivity contribution in [3.63, 3.8) is 0 Å². The third-order valence-electron chi connectivity index (χ3n) is 5.98. The second kappa shape index (κ2) is 18.6. The summed E-state index contributed by atoms with van der Waals surface area (Å²) in [6.45, 7) is 0. The first-order chi connectivity index (χ1) is 16.8. The second-order valence-corrected chi connectivity index (χ2v) is 8.66. The molecule has 2 nitrogen and oxygen atoms in total. The van der Waals surface area contributed by atoms with Crippen LogP contribution in [0.3, 0.4) is 0 Å². The van der Waals surface area contributed by atoms with E-state index in [1.54, 1.807) is 14.2 Å². The number of hydrogen-bond acceptors (Lipinski definition) is 2.